The zero-order chi connectivity index (χ0) is 7.28. The lowest BCUT2D eigenvalue weighted by atomic mass is 11.5. The van der Waals surface area contributed by atoms with E-state index in [1.54, 1.807) is 0 Å². The summed E-state index contributed by atoms with van der Waals surface area (Å²) in [6.07, 6.45) is 3.73. The molecular formula is C4H8Cl2OS2. The van der Waals surface area contributed by atoms with Gasteiger partial charge in [-0.1, -0.05) is 23.2 Å². The van der Waals surface area contributed by atoms with Crippen LogP contribution in [0.5, 0.6) is 0 Å². The van der Waals surface area contributed by atoms with Crippen LogP contribution in [0.3, 0.4) is 0 Å². The van der Waals surface area contributed by atoms with Gasteiger partial charge in [-0.05, 0) is 12.5 Å². The van der Waals surface area contributed by atoms with Gasteiger partial charge in [-0.2, -0.15) is 0 Å². The molecule has 0 saturated heterocycles. The largest absolute Gasteiger partial charge is 0.325 e. The van der Waals surface area contributed by atoms with Crippen LogP contribution in [0.2, 0.25) is 0 Å². The lowest BCUT2D eigenvalue weighted by Crippen LogP contribution is -2.05. The molecule has 0 saturated carbocycles. The van der Waals surface area contributed by atoms with E-state index in [-0.39, 0.29) is 9.79 Å². The fraction of sp³-hybridized carbons (Fsp3) is 1.00. The van der Waals surface area contributed by atoms with Gasteiger partial charge >= 0.3 is 0 Å². The van der Waals surface area contributed by atoms with Crippen LogP contribution >= 0.6 is 46.7 Å². The number of halogens is 2. The minimum Gasteiger partial charge on any atom is -0.325 e. The lowest BCUT2D eigenvalue weighted by molar-refractivity contribution is 0.187. The Bertz CT molecular complexity index is 65.6. The third kappa shape index (κ3) is 5.67. The summed E-state index contributed by atoms with van der Waals surface area (Å²) in [5.41, 5.74) is 0. The Morgan fingerprint density at radius 1 is 1.11 bits per heavy atom. The molecule has 0 aromatic rings. The highest BCUT2D eigenvalue weighted by molar-refractivity contribution is 8.01. The fourth-order valence-electron chi connectivity index (χ4n) is 0.195. The van der Waals surface area contributed by atoms with Crippen molar-refractivity contribution in [2.45, 2.75) is 9.79 Å². The Labute approximate surface area is 73.8 Å². The van der Waals surface area contributed by atoms with Gasteiger partial charge in [0, 0.05) is 0 Å². The van der Waals surface area contributed by atoms with Crippen molar-refractivity contribution in [1.82, 2.24) is 0 Å². The molecule has 0 N–H and O–H groups in total. The van der Waals surface area contributed by atoms with Crippen LogP contribution in [-0.2, 0) is 4.74 Å². The SMILES string of the molecule is CSC(Cl)OC(Cl)SC. The van der Waals surface area contributed by atoms with Crippen LogP contribution in [0.15, 0.2) is 0 Å². The molecule has 0 radical (unpaired) electrons. The van der Waals surface area contributed by atoms with E-state index < -0.39 is 0 Å². The van der Waals surface area contributed by atoms with E-state index in [0.29, 0.717) is 0 Å². The van der Waals surface area contributed by atoms with E-state index in [9.17, 15) is 0 Å². The van der Waals surface area contributed by atoms with E-state index in [4.69, 9.17) is 27.9 Å². The molecule has 1 nitrogen and oxygen atoms in total. The van der Waals surface area contributed by atoms with E-state index in [1.807, 2.05) is 12.5 Å². The van der Waals surface area contributed by atoms with E-state index in [1.165, 1.54) is 23.5 Å². The van der Waals surface area contributed by atoms with Gasteiger partial charge in [0.25, 0.3) is 0 Å². The minimum atomic E-state index is -0.333. The lowest BCUT2D eigenvalue weighted by Gasteiger charge is -2.10. The fourth-order valence-corrected chi connectivity index (χ4v) is 1.09. The van der Waals surface area contributed by atoms with Gasteiger partial charge in [-0.25, -0.2) is 0 Å². The quantitative estimate of drug-likeness (QED) is 0.518. The molecule has 0 amide bonds. The molecule has 0 rings (SSSR count). The maximum atomic E-state index is 5.58. The highest BCUT2D eigenvalue weighted by atomic mass is 35.5. The summed E-state index contributed by atoms with van der Waals surface area (Å²) >= 11 is 14.0. The van der Waals surface area contributed by atoms with Crippen molar-refractivity contribution in [3.63, 3.8) is 0 Å². The van der Waals surface area contributed by atoms with E-state index in [2.05, 4.69) is 0 Å². The number of ether oxygens (including phenoxy) is 1. The molecule has 0 bridgehead atoms. The molecule has 0 aliphatic rings. The number of rotatable bonds is 4. The average molecular weight is 207 g/mol. The third-order valence-electron chi connectivity index (χ3n) is 0.585. The highest BCUT2D eigenvalue weighted by Crippen LogP contribution is 2.21. The van der Waals surface area contributed by atoms with Gasteiger partial charge in [0.2, 0.25) is 0 Å². The van der Waals surface area contributed by atoms with Crippen LogP contribution < -0.4 is 0 Å². The number of hydrogen-bond acceptors (Lipinski definition) is 3. The van der Waals surface area contributed by atoms with Crippen LogP contribution in [0.4, 0.5) is 0 Å². The molecule has 0 heterocycles. The van der Waals surface area contributed by atoms with Crippen LogP contribution in [-0.4, -0.2) is 22.3 Å². The Balaban J connectivity index is 3.22. The molecule has 0 aliphatic heterocycles. The Kier molecular flexibility index (Phi) is 6.81. The monoisotopic (exact) mass is 206 g/mol. The molecule has 5 heteroatoms. The van der Waals surface area contributed by atoms with Gasteiger partial charge in [0.15, 0.2) is 9.79 Å². The third-order valence-corrected chi connectivity index (χ3v) is 2.82. The molecule has 0 aromatic carbocycles. The first-order valence-electron chi connectivity index (χ1n) is 2.20. The topological polar surface area (TPSA) is 9.23 Å². The standard InChI is InChI=1S/C4H8Cl2OS2/c1-8-3(5)7-4(6)9-2/h3-4H,1-2H3. The van der Waals surface area contributed by atoms with Crippen molar-refractivity contribution < 1.29 is 4.74 Å². The summed E-state index contributed by atoms with van der Waals surface area (Å²) in [4.78, 5) is -0.667. The van der Waals surface area contributed by atoms with Gasteiger partial charge in [-0.15, -0.1) is 23.5 Å². The Hall–Kier alpha value is 1.24. The molecule has 56 valence electrons. The second-order valence-corrected chi connectivity index (χ2v) is 4.27. The molecule has 2 unspecified atom stereocenters. The summed E-state index contributed by atoms with van der Waals surface area (Å²) in [5, 5.41) is 0. The molecular weight excluding hydrogens is 199 g/mol. The van der Waals surface area contributed by atoms with Crippen molar-refractivity contribution in [3.05, 3.63) is 0 Å². The number of hydrogen-bond donors (Lipinski definition) is 0. The summed E-state index contributed by atoms with van der Waals surface area (Å²) < 4.78 is 5.01. The molecule has 0 spiro atoms. The first-order chi connectivity index (χ1) is 4.20. The Morgan fingerprint density at radius 2 is 1.44 bits per heavy atom. The second-order valence-electron chi connectivity index (χ2n) is 1.16. The van der Waals surface area contributed by atoms with Crippen LogP contribution in [0.1, 0.15) is 0 Å². The summed E-state index contributed by atoms with van der Waals surface area (Å²) in [6.45, 7) is 0. The van der Waals surface area contributed by atoms with Gasteiger partial charge in [0.05, 0.1) is 0 Å². The zero-order valence-corrected chi connectivity index (χ0v) is 8.28. The molecule has 0 aliphatic carbocycles. The molecule has 9 heavy (non-hydrogen) atoms. The van der Waals surface area contributed by atoms with Gasteiger partial charge < -0.3 is 4.74 Å². The van der Waals surface area contributed by atoms with E-state index in [0.717, 1.165) is 0 Å². The zero-order valence-electron chi connectivity index (χ0n) is 5.14. The molecule has 0 fully saturated rings. The van der Waals surface area contributed by atoms with Crippen molar-refractivity contribution in [2.75, 3.05) is 12.5 Å². The predicted molar refractivity (Wildman–Crippen MR) is 47.4 cm³/mol. The second kappa shape index (κ2) is 5.98. The molecule has 0 aromatic heterocycles. The summed E-state index contributed by atoms with van der Waals surface area (Å²) in [7, 11) is 0. The van der Waals surface area contributed by atoms with Crippen molar-refractivity contribution in [1.29, 1.82) is 0 Å². The summed E-state index contributed by atoms with van der Waals surface area (Å²) in [6, 6.07) is 0. The smallest absolute Gasteiger partial charge is 0.180 e. The predicted octanol–water partition coefficient (Wildman–Crippen LogP) is 2.77. The number of alkyl halides is 2. The van der Waals surface area contributed by atoms with Gasteiger partial charge in [-0.3, -0.25) is 0 Å². The van der Waals surface area contributed by atoms with Crippen molar-refractivity contribution in [3.8, 4) is 0 Å². The maximum absolute atomic E-state index is 5.58. The van der Waals surface area contributed by atoms with Gasteiger partial charge in [0.1, 0.15) is 0 Å². The van der Waals surface area contributed by atoms with E-state index >= 15 is 0 Å². The van der Waals surface area contributed by atoms with Crippen molar-refractivity contribution in [2.24, 2.45) is 0 Å². The highest BCUT2D eigenvalue weighted by Gasteiger charge is 2.07. The first kappa shape index (κ1) is 10.2. The van der Waals surface area contributed by atoms with Crippen LogP contribution in [0.25, 0.3) is 0 Å². The summed E-state index contributed by atoms with van der Waals surface area (Å²) in [5.74, 6) is 0. The normalized spacial score (nSPS) is 17.3. The molecule has 2 atom stereocenters. The van der Waals surface area contributed by atoms with Crippen LogP contribution in [0, 0.1) is 0 Å². The van der Waals surface area contributed by atoms with Crippen molar-refractivity contribution >= 4 is 46.7 Å². The first-order valence-corrected chi connectivity index (χ1v) is 5.64. The minimum absolute atomic E-state index is 0.333. The Morgan fingerprint density at radius 3 is 1.67 bits per heavy atom. The maximum Gasteiger partial charge on any atom is 0.180 e. The number of thioether (sulfide) groups is 2. The average Bonchev–Trinajstić information content (AvgIpc) is 1.87.